The molecule has 0 aliphatic heterocycles. The first-order valence-electron chi connectivity index (χ1n) is 10.2. The Hall–Kier alpha value is -4.27. The van der Waals surface area contributed by atoms with Crippen molar-refractivity contribution in [3.05, 3.63) is 75.6 Å². The number of carbonyl (C=O) groups is 1. The summed E-state index contributed by atoms with van der Waals surface area (Å²) in [6, 6.07) is 14.4. The molecule has 4 aromatic rings. The molecule has 170 valence electrons. The number of ether oxygens (including phenoxy) is 2. The number of rotatable bonds is 6. The van der Waals surface area contributed by atoms with E-state index in [0.29, 0.717) is 33.8 Å². The summed E-state index contributed by atoms with van der Waals surface area (Å²) >= 11 is 0. The molecule has 9 heteroatoms. The molecule has 0 bridgehead atoms. The third kappa shape index (κ3) is 3.89. The normalized spacial score (nSPS) is 10.9. The van der Waals surface area contributed by atoms with Gasteiger partial charge in [-0.3, -0.25) is 18.7 Å². The van der Waals surface area contributed by atoms with Crippen LogP contribution in [-0.2, 0) is 25.4 Å². The molecule has 0 radical (unpaired) electrons. The molecular weight excluding hydrogens is 424 g/mol. The van der Waals surface area contributed by atoms with Gasteiger partial charge in [-0.05, 0) is 17.7 Å². The van der Waals surface area contributed by atoms with E-state index in [9.17, 15) is 14.4 Å². The maximum absolute atomic E-state index is 13.1. The molecule has 0 atom stereocenters. The van der Waals surface area contributed by atoms with Crippen LogP contribution in [0.4, 0.5) is 5.69 Å². The van der Waals surface area contributed by atoms with E-state index < -0.39 is 17.2 Å². The Morgan fingerprint density at radius 1 is 0.939 bits per heavy atom. The Balaban J connectivity index is 1.80. The molecule has 9 nitrogen and oxygen atoms in total. The molecule has 0 aliphatic carbocycles. The van der Waals surface area contributed by atoms with Gasteiger partial charge in [-0.15, -0.1) is 0 Å². The number of nitrogens with zero attached hydrogens (tertiary/aromatic N) is 3. The number of aryl methyl sites for hydroxylation is 1. The lowest BCUT2D eigenvalue weighted by molar-refractivity contribution is -0.116. The topological polar surface area (TPSA) is 96.5 Å². The Labute approximate surface area is 189 Å². The van der Waals surface area contributed by atoms with Gasteiger partial charge >= 0.3 is 5.69 Å². The number of methoxy groups -OCH3 is 2. The number of amides is 1. The van der Waals surface area contributed by atoms with Gasteiger partial charge in [0.05, 0.1) is 19.7 Å². The van der Waals surface area contributed by atoms with Gasteiger partial charge in [-0.25, -0.2) is 4.79 Å². The Bertz CT molecular complexity index is 1460. The standard InChI is InChI=1S/C24H24N4O5/c1-26-13-17(15-8-6-5-7-9-15)21-22(26)23(30)27(2)24(31)28(21)14-20(29)25-16-10-11-18(32-3)19(12-16)33-4/h5-13H,14H2,1-4H3,(H,25,29). The van der Waals surface area contributed by atoms with Crippen LogP contribution in [0, 0.1) is 0 Å². The fourth-order valence-corrected chi connectivity index (χ4v) is 3.90. The van der Waals surface area contributed by atoms with Gasteiger partial charge in [0.15, 0.2) is 11.5 Å². The highest BCUT2D eigenvalue weighted by molar-refractivity contribution is 5.96. The quantitative estimate of drug-likeness (QED) is 0.489. The molecule has 2 aromatic heterocycles. The van der Waals surface area contributed by atoms with E-state index in [0.717, 1.165) is 10.1 Å². The zero-order valence-corrected chi connectivity index (χ0v) is 18.8. The van der Waals surface area contributed by atoms with Crippen molar-refractivity contribution in [2.24, 2.45) is 14.1 Å². The molecule has 0 fully saturated rings. The van der Waals surface area contributed by atoms with Crippen LogP contribution in [0.5, 0.6) is 11.5 Å². The molecule has 2 heterocycles. The second-order valence-corrected chi connectivity index (χ2v) is 7.57. The minimum absolute atomic E-state index is 0.276. The van der Waals surface area contributed by atoms with Crippen LogP contribution in [-0.4, -0.2) is 33.8 Å². The number of hydrogen-bond donors (Lipinski definition) is 1. The van der Waals surface area contributed by atoms with Gasteiger partial charge in [0, 0.05) is 37.6 Å². The third-order valence-electron chi connectivity index (χ3n) is 5.50. The highest BCUT2D eigenvalue weighted by atomic mass is 16.5. The molecular formula is C24H24N4O5. The molecule has 0 aliphatic rings. The van der Waals surface area contributed by atoms with Crippen LogP contribution in [0.2, 0.25) is 0 Å². The van der Waals surface area contributed by atoms with Gasteiger partial charge in [0.2, 0.25) is 5.91 Å². The number of hydrogen-bond acceptors (Lipinski definition) is 5. The molecule has 0 spiro atoms. The Morgan fingerprint density at radius 2 is 1.64 bits per heavy atom. The van der Waals surface area contributed by atoms with Crippen LogP contribution >= 0.6 is 0 Å². The average Bonchev–Trinajstić information content (AvgIpc) is 3.17. The van der Waals surface area contributed by atoms with E-state index in [2.05, 4.69) is 5.32 Å². The first kappa shape index (κ1) is 21.9. The van der Waals surface area contributed by atoms with Crippen molar-refractivity contribution in [1.82, 2.24) is 13.7 Å². The molecule has 0 saturated heterocycles. The number of fused-ring (bicyclic) bond motifs is 1. The van der Waals surface area contributed by atoms with Gasteiger partial charge in [0.1, 0.15) is 12.1 Å². The lowest BCUT2D eigenvalue weighted by Crippen LogP contribution is -2.40. The minimum atomic E-state index is -0.571. The predicted molar refractivity (Wildman–Crippen MR) is 126 cm³/mol. The first-order chi connectivity index (χ1) is 15.8. The fraction of sp³-hybridized carbons (Fsp3) is 0.208. The summed E-state index contributed by atoms with van der Waals surface area (Å²) in [5.74, 6) is 0.571. The minimum Gasteiger partial charge on any atom is -0.493 e. The zero-order chi connectivity index (χ0) is 23.7. The summed E-state index contributed by atoms with van der Waals surface area (Å²) in [6.07, 6.45) is 1.80. The van der Waals surface area contributed by atoms with E-state index in [1.807, 2.05) is 30.3 Å². The summed E-state index contributed by atoms with van der Waals surface area (Å²) in [5.41, 5.74) is 1.79. The maximum Gasteiger partial charge on any atom is 0.331 e. The van der Waals surface area contributed by atoms with E-state index in [-0.39, 0.29) is 6.54 Å². The summed E-state index contributed by atoms with van der Waals surface area (Å²) in [4.78, 5) is 38.9. The molecule has 33 heavy (non-hydrogen) atoms. The van der Waals surface area contributed by atoms with Crippen molar-refractivity contribution in [1.29, 1.82) is 0 Å². The second kappa shape index (κ2) is 8.70. The lowest BCUT2D eigenvalue weighted by Gasteiger charge is -2.13. The highest BCUT2D eigenvalue weighted by Crippen LogP contribution is 2.30. The molecule has 1 amide bonds. The van der Waals surface area contributed by atoms with Crippen molar-refractivity contribution in [3.63, 3.8) is 0 Å². The predicted octanol–water partition coefficient (Wildman–Crippen LogP) is 2.36. The SMILES string of the molecule is COc1ccc(NC(=O)Cn2c(=O)n(C)c(=O)c3c2c(-c2ccccc2)cn3C)cc1OC. The lowest BCUT2D eigenvalue weighted by atomic mass is 10.1. The number of carbonyl (C=O) groups excluding carboxylic acids is 1. The van der Waals surface area contributed by atoms with Crippen LogP contribution < -0.4 is 26.0 Å². The van der Waals surface area contributed by atoms with Gasteiger partial charge in [0.25, 0.3) is 5.56 Å². The first-order valence-corrected chi connectivity index (χ1v) is 10.2. The highest BCUT2D eigenvalue weighted by Gasteiger charge is 2.21. The average molecular weight is 448 g/mol. The zero-order valence-electron chi connectivity index (χ0n) is 18.8. The largest absolute Gasteiger partial charge is 0.493 e. The summed E-state index contributed by atoms with van der Waals surface area (Å²) in [7, 11) is 6.18. The third-order valence-corrected chi connectivity index (χ3v) is 5.50. The second-order valence-electron chi connectivity index (χ2n) is 7.57. The number of anilines is 1. The summed E-state index contributed by atoms with van der Waals surface area (Å²) in [5, 5.41) is 2.78. The van der Waals surface area contributed by atoms with Crippen molar-refractivity contribution < 1.29 is 14.3 Å². The van der Waals surface area contributed by atoms with Gasteiger partial charge in [-0.2, -0.15) is 0 Å². The molecule has 2 aromatic carbocycles. The number of nitrogens with one attached hydrogen (secondary N) is 1. The van der Waals surface area contributed by atoms with Crippen LogP contribution in [0.25, 0.3) is 22.2 Å². The summed E-state index contributed by atoms with van der Waals surface area (Å²) in [6.45, 7) is -0.276. The van der Waals surface area contributed by atoms with Crippen LogP contribution in [0.15, 0.2) is 64.3 Å². The fourth-order valence-electron chi connectivity index (χ4n) is 3.90. The molecule has 1 N–H and O–H groups in total. The van der Waals surface area contributed by atoms with Crippen LogP contribution in [0.1, 0.15) is 0 Å². The van der Waals surface area contributed by atoms with Crippen molar-refractivity contribution in [3.8, 4) is 22.6 Å². The van der Waals surface area contributed by atoms with Crippen LogP contribution in [0.3, 0.4) is 0 Å². The van der Waals surface area contributed by atoms with Gasteiger partial charge in [-0.1, -0.05) is 30.3 Å². The Morgan fingerprint density at radius 3 is 2.30 bits per heavy atom. The van der Waals surface area contributed by atoms with E-state index in [1.54, 1.807) is 36.0 Å². The molecule has 4 rings (SSSR count). The van der Waals surface area contributed by atoms with E-state index >= 15 is 0 Å². The van der Waals surface area contributed by atoms with E-state index in [4.69, 9.17) is 9.47 Å². The van der Waals surface area contributed by atoms with Crippen molar-refractivity contribution in [2.45, 2.75) is 6.54 Å². The maximum atomic E-state index is 13.1. The van der Waals surface area contributed by atoms with E-state index in [1.165, 1.54) is 25.8 Å². The molecule has 0 unspecified atom stereocenters. The smallest absolute Gasteiger partial charge is 0.331 e. The summed E-state index contributed by atoms with van der Waals surface area (Å²) < 4.78 is 14.5. The number of benzene rings is 2. The van der Waals surface area contributed by atoms with Crippen molar-refractivity contribution in [2.75, 3.05) is 19.5 Å². The molecule has 0 saturated carbocycles. The van der Waals surface area contributed by atoms with Crippen molar-refractivity contribution >= 4 is 22.6 Å². The Kier molecular flexibility index (Phi) is 5.78. The van der Waals surface area contributed by atoms with Gasteiger partial charge < -0.3 is 19.4 Å². The number of aromatic nitrogens is 3. The monoisotopic (exact) mass is 448 g/mol.